The van der Waals surface area contributed by atoms with E-state index in [1.165, 1.54) is 5.75 Å². The molecule has 2 fully saturated rings. The predicted molar refractivity (Wildman–Crippen MR) is 72.4 cm³/mol. The minimum atomic E-state index is -0.380. The van der Waals surface area contributed by atoms with E-state index < -0.39 is 0 Å². The van der Waals surface area contributed by atoms with E-state index in [1.54, 1.807) is 0 Å². The molecule has 0 bridgehead atoms. The Morgan fingerprint density at radius 1 is 1.41 bits per heavy atom. The van der Waals surface area contributed by atoms with Crippen molar-refractivity contribution in [2.24, 2.45) is 0 Å². The van der Waals surface area contributed by atoms with Crippen LogP contribution < -0.4 is 10.6 Å². The molecule has 2 rings (SSSR count). The number of nitrogens with one attached hydrogen (secondary N) is 2. The number of thioether (sulfide) groups is 1. The lowest BCUT2D eigenvalue weighted by Crippen LogP contribution is -2.61. The lowest BCUT2D eigenvalue weighted by molar-refractivity contribution is -0.132. The summed E-state index contributed by atoms with van der Waals surface area (Å²) in [5.41, 5.74) is -0.380. The van der Waals surface area contributed by atoms with Gasteiger partial charge in [0.2, 0.25) is 5.91 Å². The highest BCUT2D eigenvalue weighted by Crippen LogP contribution is 2.20. The Morgan fingerprint density at radius 3 is 2.71 bits per heavy atom. The van der Waals surface area contributed by atoms with Crippen LogP contribution in [0.25, 0.3) is 0 Å². The van der Waals surface area contributed by atoms with Crippen molar-refractivity contribution >= 4 is 17.7 Å². The molecule has 0 aliphatic carbocycles. The predicted octanol–water partition coefficient (Wildman–Crippen LogP) is 0.292. The van der Waals surface area contributed by atoms with Gasteiger partial charge in [0.25, 0.3) is 0 Å². The van der Waals surface area contributed by atoms with Crippen molar-refractivity contribution in [3.8, 4) is 0 Å². The van der Waals surface area contributed by atoms with Gasteiger partial charge in [0.05, 0.1) is 5.54 Å². The summed E-state index contributed by atoms with van der Waals surface area (Å²) in [6.07, 6.45) is 1.12. The van der Waals surface area contributed by atoms with Crippen LogP contribution in [-0.4, -0.2) is 60.1 Å². The molecule has 5 heteroatoms. The number of hydrogen-bond acceptors (Lipinski definition) is 4. The Labute approximate surface area is 108 Å². The Kier molecular flexibility index (Phi) is 4.33. The molecule has 1 unspecified atom stereocenters. The summed E-state index contributed by atoms with van der Waals surface area (Å²) in [6, 6.07) is 0.384. The summed E-state index contributed by atoms with van der Waals surface area (Å²) >= 11 is 1.93. The van der Waals surface area contributed by atoms with E-state index in [4.69, 9.17) is 0 Å². The molecule has 0 spiro atoms. The molecule has 1 amide bonds. The molecular formula is C12H23N3OS. The van der Waals surface area contributed by atoms with Crippen LogP contribution in [0.5, 0.6) is 0 Å². The van der Waals surface area contributed by atoms with Crippen LogP contribution in [0, 0.1) is 0 Å². The van der Waals surface area contributed by atoms with Gasteiger partial charge >= 0.3 is 0 Å². The molecule has 17 heavy (non-hydrogen) atoms. The van der Waals surface area contributed by atoms with E-state index in [9.17, 15) is 4.79 Å². The fourth-order valence-electron chi connectivity index (χ4n) is 2.38. The summed E-state index contributed by atoms with van der Waals surface area (Å²) in [4.78, 5) is 14.6. The molecule has 1 atom stereocenters. The number of piperazine rings is 1. The highest BCUT2D eigenvalue weighted by molar-refractivity contribution is 7.99. The molecule has 0 saturated carbocycles. The van der Waals surface area contributed by atoms with Crippen molar-refractivity contribution in [2.45, 2.75) is 31.8 Å². The lowest BCUT2D eigenvalue weighted by Gasteiger charge is -2.40. The Balaban J connectivity index is 1.90. The minimum absolute atomic E-state index is 0.187. The third-order valence-corrected chi connectivity index (χ3v) is 4.89. The van der Waals surface area contributed by atoms with Crippen molar-refractivity contribution in [1.82, 2.24) is 15.5 Å². The van der Waals surface area contributed by atoms with Gasteiger partial charge in [-0.15, -0.1) is 0 Å². The van der Waals surface area contributed by atoms with Crippen LogP contribution in [-0.2, 0) is 4.79 Å². The van der Waals surface area contributed by atoms with Crippen LogP contribution in [0.1, 0.15) is 20.3 Å². The fraction of sp³-hybridized carbons (Fsp3) is 0.917. The largest absolute Gasteiger partial charge is 0.351 e. The molecule has 2 aliphatic heterocycles. The minimum Gasteiger partial charge on any atom is -0.351 e. The number of hydrogen-bond donors (Lipinski definition) is 2. The molecule has 0 aromatic rings. The van der Waals surface area contributed by atoms with Crippen molar-refractivity contribution < 1.29 is 4.79 Å². The normalized spacial score (nSPS) is 27.1. The Morgan fingerprint density at radius 2 is 2.12 bits per heavy atom. The first-order chi connectivity index (χ1) is 8.10. The highest BCUT2D eigenvalue weighted by atomic mass is 32.2. The van der Waals surface area contributed by atoms with Gasteiger partial charge in [-0.05, 0) is 26.0 Å². The van der Waals surface area contributed by atoms with Crippen molar-refractivity contribution in [3.05, 3.63) is 0 Å². The second kappa shape index (κ2) is 5.59. The zero-order valence-corrected chi connectivity index (χ0v) is 11.6. The summed E-state index contributed by atoms with van der Waals surface area (Å²) in [5.74, 6) is 2.44. The van der Waals surface area contributed by atoms with E-state index >= 15 is 0 Å². The van der Waals surface area contributed by atoms with Gasteiger partial charge < -0.3 is 10.6 Å². The molecular weight excluding hydrogens is 234 g/mol. The second-order valence-corrected chi connectivity index (χ2v) is 6.48. The van der Waals surface area contributed by atoms with Gasteiger partial charge in [-0.1, -0.05) is 0 Å². The molecule has 98 valence electrons. The Bertz CT molecular complexity index is 271. The summed E-state index contributed by atoms with van der Waals surface area (Å²) < 4.78 is 0. The van der Waals surface area contributed by atoms with Gasteiger partial charge in [-0.2, -0.15) is 11.8 Å². The molecule has 4 nitrogen and oxygen atoms in total. The molecule has 2 saturated heterocycles. The van der Waals surface area contributed by atoms with E-state index in [1.807, 2.05) is 25.6 Å². The maximum absolute atomic E-state index is 12.3. The second-order valence-electron chi connectivity index (χ2n) is 5.33. The summed E-state index contributed by atoms with van der Waals surface area (Å²) in [5, 5.41) is 6.52. The average molecular weight is 257 g/mol. The van der Waals surface area contributed by atoms with Crippen LogP contribution >= 0.6 is 11.8 Å². The quantitative estimate of drug-likeness (QED) is 0.763. The van der Waals surface area contributed by atoms with Gasteiger partial charge in [0, 0.05) is 38.0 Å². The number of carbonyl (C=O) groups is 1. The van der Waals surface area contributed by atoms with E-state index in [0.29, 0.717) is 6.04 Å². The molecule has 0 radical (unpaired) electrons. The SMILES string of the molecule is CC(C)(C(=O)NC1CCSC1)N1CCNCC1. The number of rotatable bonds is 3. The van der Waals surface area contributed by atoms with Crippen LogP contribution in [0.4, 0.5) is 0 Å². The molecule has 2 heterocycles. The van der Waals surface area contributed by atoms with Crippen LogP contribution in [0.3, 0.4) is 0 Å². The smallest absolute Gasteiger partial charge is 0.240 e. The average Bonchev–Trinajstić information content (AvgIpc) is 2.83. The first-order valence-electron chi connectivity index (χ1n) is 6.45. The van der Waals surface area contributed by atoms with E-state index in [0.717, 1.165) is 38.4 Å². The summed E-state index contributed by atoms with van der Waals surface area (Å²) in [6.45, 7) is 7.96. The number of nitrogens with zero attached hydrogens (tertiary/aromatic N) is 1. The maximum atomic E-state index is 12.3. The monoisotopic (exact) mass is 257 g/mol. The number of carbonyl (C=O) groups excluding carboxylic acids is 1. The lowest BCUT2D eigenvalue weighted by atomic mass is 10.00. The molecule has 0 aromatic carbocycles. The van der Waals surface area contributed by atoms with Crippen molar-refractivity contribution in [1.29, 1.82) is 0 Å². The Hall–Kier alpha value is -0.260. The van der Waals surface area contributed by atoms with Gasteiger partial charge in [-0.25, -0.2) is 0 Å². The maximum Gasteiger partial charge on any atom is 0.240 e. The first kappa shape index (κ1) is 13.2. The summed E-state index contributed by atoms with van der Waals surface area (Å²) in [7, 11) is 0. The van der Waals surface area contributed by atoms with E-state index in [-0.39, 0.29) is 11.4 Å². The number of amides is 1. The fourth-order valence-corrected chi connectivity index (χ4v) is 3.53. The van der Waals surface area contributed by atoms with Gasteiger partial charge in [-0.3, -0.25) is 9.69 Å². The third kappa shape index (κ3) is 3.14. The first-order valence-corrected chi connectivity index (χ1v) is 7.60. The zero-order valence-electron chi connectivity index (χ0n) is 10.8. The van der Waals surface area contributed by atoms with Gasteiger partial charge in [0.15, 0.2) is 0 Å². The standard InChI is InChI=1S/C12H23N3OS/c1-12(2,15-6-4-13-5-7-15)11(16)14-10-3-8-17-9-10/h10,13H,3-9H2,1-2H3,(H,14,16). The van der Waals surface area contributed by atoms with Gasteiger partial charge in [0.1, 0.15) is 0 Å². The van der Waals surface area contributed by atoms with Crippen molar-refractivity contribution in [3.63, 3.8) is 0 Å². The van der Waals surface area contributed by atoms with Crippen molar-refractivity contribution in [2.75, 3.05) is 37.7 Å². The highest BCUT2D eigenvalue weighted by Gasteiger charge is 2.36. The topological polar surface area (TPSA) is 44.4 Å². The molecule has 2 aliphatic rings. The molecule has 2 N–H and O–H groups in total. The van der Waals surface area contributed by atoms with Crippen LogP contribution in [0.15, 0.2) is 0 Å². The van der Waals surface area contributed by atoms with Crippen LogP contribution in [0.2, 0.25) is 0 Å². The zero-order chi connectivity index (χ0) is 12.3. The molecule has 0 aromatic heterocycles. The van der Waals surface area contributed by atoms with E-state index in [2.05, 4.69) is 15.5 Å². The third-order valence-electron chi connectivity index (χ3n) is 3.73.